The lowest BCUT2D eigenvalue weighted by Crippen LogP contribution is -2.30. The molecule has 4 atom stereocenters. The molecule has 2 aliphatic carbocycles. The van der Waals surface area contributed by atoms with Crippen molar-refractivity contribution in [3.8, 4) is 0 Å². The molecule has 2 nitrogen and oxygen atoms in total. The van der Waals surface area contributed by atoms with E-state index in [2.05, 4.69) is 0 Å². The second kappa shape index (κ2) is 6.67. The molecule has 0 spiro atoms. The third kappa shape index (κ3) is 3.58. The van der Waals surface area contributed by atoms with E-state index in [1.807, 2.05) is 6.92 Å². The summed E-state index contributed by atoms with van der Waals surface area (Å²) in [5.41, 5.74) is -0.377. The monoisotopic (exact) mass is 294 g/mol. The zero-order chi connectivity index (χ0) is 13.9. The molecule has 0 amide bonds. The Kier molecular flexibility index (Phi) is 5.42. The van der Waals surface area contributed by atoms with Crippen molar-refractivity contribution in [2.45, 2.75) is 82.0 Å². The van der Waals surface area contributed by atoms with Gasteiger partial charge in [-0.25, -0.2) is 8.78 Å². The third-order valence-corrected chi connectivity index (χ3v) is 8.15. The molecular formula is C14H25F2O2P. The average Bonchev–Trinajstić information content (AvgIpc) is 2.39. The van der Waals surface area contributed by atoms with Gasteiger partial charge in [-0.2, -0.15) is 0 Å². The smallest absolute Gasteiger partial charge is 0.209 e. The van der Waals surface area contributed by atoms with Crippen LogP contribution >= 0.6 is 7.37 Å². The molecule has 2 fully saturated rings. The molecule has 2 saturated carbocycles. The van der Waals surface area contributed by atoms with E-state index in [1.165, 1.54) is 0 Å². The van der Waals surface area contributed by atoms with E-state index in [1.54, 1.807) is 0 Å². The first-order chi connectivity index (χ1) is 9.06. The minimum absolute atomic E-state index is 0.188. The van der Waals surface area contributed by atoms with Crippen molar-refractivity contribution in [2.24, 2.45) is 0 Å². The molecule has 0 N–H and O–H groups in total. The van der Waals surface area contributed by atoms with Crippen molar-refractivity contribution >= 4 is 7.37 Å². The van der Waals surface area contributed by atoms with E-state index in [-0.39, 0.29) is 11.3 Å². The summed E-state index contributed by atoms with van der Waals surface area (Å²) >= 11 is 0. The Bertz CT molecular complexity index is 311. The molecule has 0 radical (unpaired) electrons. The zero-order valence-electron chi connectivity index (χ0n) is 11.7. The molecule has 0 aromatic rings. The van der Waals surface area contributed by atoms with Crippen molar-refractivity contribution in [2.75, 3.05) is 6.61 Å². The molecule has 112 valence electrons. The third-order valence-electron chi connectivity index (χ3n) is 4.51. The van der Waals surface area contributed by atoms with Gasteiger partial charge in [0.05, 0.1) is 6.61 Å². The normalized spacial score (nSPS) is 39.7. The molecule has 0 aliphatic heterocycles. The van der Waals surface area contributed by atoms with Crippen LogP contribution in [0.1, 0.15) is 58.3 Å². The highest BCUT2D eigenvalue weighted by Crippen LogP contribution is 2.63. The highest BCUT2D eigenvalue weighted by atomic mass is 31.2. The van der Waals surface area contributed by atoms with E-state index in [9.17, 15) is 13.3 Å². The minimum Gasteiger partial charge on any atom is -0.328 e. The SMILES string of the molecule is CCOP(=O)(C1CCCC(F)C1)C1CCCC(F)C1. The maximum atomic E-state index is 13.6. The average molecular weight is 294 g/mol. The van der Waals surface area contributed by atoms with Gasteiger partial charge in [0.1, 0.15) is 12.3 Å². The number of halogens is 2. The first-order valence-corrected chi connectivity index (χ1v) is 9.34. The van der Waals surface area contributed by atoms with E-state index < -0.39 is 19.7 Å². The quantitative estimate of drug-likeness (QED) is 0.692. The maximum absolute atomic E-state index is 13.6. The van der Waals surface area contributed by atoms with Crippen LogP contribution in [0.2, 0.25) is 0 Å². The maximum Gasteiger partial charge on any atom is 0.209 e. The Morgan fingerprint density at radius 1 is 1.00 bits per heavy atom. The first kappa shape index (κ1) is 15.4. The van der Waals surface area contributed by atoms with E-state index in [4.69, 9.17) is 4.52 Å². The summed E-state index contributed by atoms with van der Waals surface area (Å²) in [4.78, 5) is 0. The van der Waals surface area contributed by atoms with Gasteiger partial charge in [-0.3, -0.25) is 4.57 Å². The summed E-state index contributed by atoms with van der Waals surface area (Å²) < 4.78 is 46.1. The standard InChI is InChI=1S/C14H25F2O2P/c1-2-18-19(17,13-7-3-5-11(15)9-13)14-8-4-6-12(16)10-14/h11-14H,2-10H2,1H3. The lowest BCUT2D eigenvalue weighted by Gasteiger charge is -2.38. The molecular weight excluding hydrogens is 269 g/mol. The van der Waals surface area contributed by atoms with Crippen LogP contribution in [-0.4, -0.2) is 30.3 Å². The summed E-state index contributed by atoms with van der Waals surface area (Å²) in [6.07, 6.45) is 3.17. The van der Waals surface area contributed by atoms with Gasteiger partial charge in [-0.05, 0) is 58.3 Å². The predicted molar refractivity (Wildman–Crippen MR) is 73.5 cm³/mol. The van der Waals surface area contributed by atoms with Gasteiger partial charge in [0.15, 0.2) is 0 Å². The molecule has 2 aliphatic rings. The zero-order valence-corrected chi connectivity index (χ0v) is 12.6. The Labute approximate surface area is 114 Å². The second-order valence-corrected chi connectivity index (χ2v) is 8.91. The molecule has 5 heteroatoms. The lowest BCUT2D eigenvalue weighted by molar-refractivity contribution is 0.217. The van der Waals surface area contributed by atoms with E-state index >= 15 is 0 Å². The van der Waals surface area contributed by atoms with Crippen molar-refractivity contribution < 1.29 is 17.9 Å². The first-order valence-electron chi connectivity index (χ1n) is 7.58. The highest BCUT2D eigenvalue weighted by Gasteiger charge is 2.45. The topological polar surface area (TPSA) is 26.3 Å². The van der Waals surface area contributed by atoms with Gasteiger partial charge in [-0.1, -0.05) is 0 Å². The van der Waals surface area contributed by atoms with Crippen LogP contribution in [0.25, 0.3) is 0 Å². The molecule has 4 unspecified atom stereocenters. The number of hydrogen-bond donors (Lipinski definition) is 0. The highest BCUT2D eigenvalue weighted by molar-refractivity contribution is 7.60. The van der Waals surface area contributed by atoms with Crippen molar-refractivity contribution in [1.29, 1.82) is 0 Å². The van der Waals surface area contributed by atoms with Crippen molar-refractivity contribution in [3.63, 3.8) is 0 Å². The van der Waals surface area contributed by atoms with Crippen LogP contribution in [0.3, 0.4) is 0 Å². The van der Waals surface area contributed by atoms with Gasteiger partial charge in [0, 0.05) is 11.3 Å². The molecule has 0 bridgehead atoms. The van der Waals surface area contributed by atoms with Gasteiger partial charge >= 0.3 is 0 Å². The number of rotatable bonds is 4. The molecule has 0 saturated heterocycles. The van der Waals surface area contributed by atoms with Crippen LogP contribution in [0.5, 0.6) is 0 Å². The van der Waals surface area contributed by atoms with Crippen molar-refractivity contribution in [3.05, 3.63) is 0 Å². The Balaban J connectivity index is 2.13. The van der Waals surface area contributed by atoms with Crippen molar-refractivity contribution in [1.82, 2.24) is 0 Å². The van der Waals surface area contributed by atoms with E-state index in [0.717, 1.165) is 25.7 Å². The van der Waals surface area contributed by atoms with Gasteiger partial charge < -0.3 is 4.52 Å². The molecule has 0 aromatic carbocycles. The summed E-state index contributed by atoms with van der Waals surface area (Å²) in [6.45, 7) is 2.19. The van der Waals surface area contributed by atoms with Gasteiger partial charge in [0.25, 0.3) is 0 Å². The number of hydrogen-bond acceptors (Lipinski definition) is 2. The fourth-order valence-corrected chi connectivity index (χ4v) is 7.13. The predicted octanol–water partition coefficient (Wildman–Crippen LogP) is 4.86. The van der Waals surface area contributed by atoms with Crippen LogP contribution in [0.15, 0.2) is 0 Å². The van der Waals surface area contributed by atoms with Crippen LogP contribution in [0.4, 0.5) is 8.78 Å². The Morgan fingerprint density at radius 2 is 1.47 bits per heavy atom. The summed E-state index contributed by atoms with van der Waals surface area (Å²) in [5.74, 6) is 0. The van der Waals surface area contributed by atoms with E-state index in [0.29, 0.717) is 32.3 Å². The molecule has 0 aromatic heterocycles. The fourth-order valence-electron chi connectivity index (χ4n) is 3.58. The van der Waals surface area contributed by atoms with Crippen LogP contribution in [0, 0.1) is 0 Å². The Hall–Kier alpha value is 0.0500. The Morgan fingerprint density at radius 3 is 1.84 bits per heavy atom. The van der Waals surface area contributed by atoms with Gasteiger partial charge in [-0.15, -0.1) is 0 Å². The fraction of sp³-hybridized carbons (Fsp3) is 1.00. The second-order valence-electron chi connectivity index (χ2n) is 5.90. The molecule has 0 heterocycles. The summed E-state index contributed by atoms with van der Waals surface area (Å²) in [7, 11) is -2.92. The largest absolute Gasteiger partial charge is 0.328 e. The summed E-state index contributed by atoms with van der Waals surface area (Å²) in [5, 5.41) is 0. The molecule has 19 heavy (non-hydrogen) atoms. The van der Waals surface area contributed by atoms with Gasteiger partial charge in [0.2, 0.25) is 7.37 Å². The van der Waals surface area contributed by atoms with Crippen LogP contribution in [-0.2, 0) is 9.09 Å². The minimum atomic E-state index is -2.92. The number of alkyl halides is 2. The van der Waals surface area contributed by atoms with Crippen LogP contribution < -0.4 is 0 Å². The summed E-state index contributed by atoms with van der Waals surface area (Å²) in [6, 6.07) is 0. The lowest BCUT2D eigenvalue weighted by atomic mass is 9.98. The molecule has 2 rings (SSSR count).